The monoisotopic (exact) mass is 460 g/mol. The number of anilines is 1. The number of rotatable bonds is 6. The number of ether oxygens (including phenoxy) is 3. The molecule has 2 aromatic rings. The van der Waals surface area contributed by atoms with Crippen LogP contribution in [0.4, 0.5) is 5.69 Å². The number of para-hydroxylation sites is 2. The maximum Gasteiger partial charge on any atom is 0.269 e. The van der Waals surface area contributed by atoms with Crippen molar-refractivity contribution in [2.24, 2.45) is 0 Å². The Morgan fingerprint density at radius 3 is 2.53 bits per heavy atom. The average Bonchev–Trinajstić information content (AvgIpc) is 2.80. The lowest BCUT2D eigenvalue weighted by atomic mass is 10.2. The highest BCUT2D eigenvalue weighted by Gasteiger charge is 2.30. The van der Waals surface area contributed by atoms with Gasteiger partial charge in [-0.25, -0.2) is 8.42 Å². The second kappa shape index (κ2) is 9.38. The molecule has 9 heteroatoms. The van der Waals surface area contributed by atoms with E-state index < -0.39 is 22.0 Å². The van der Waals surface area contributed by atoms with Crippen molar-refractivity contribution in [3.05, 3.63) is 42.5 Å². The van der Waals surface area contributed by atoms with Gasteiger partial charge < -0.3 is 19.5 Å². The molecule has 1 N–H and O–H groups in total. The highest BCUT2D eigenvalue weighted by Crippen LogP contribution is 2.33. The molecule has 32 heavy (non-hydrogen) atoms. The van der Waals surface area contributed by atoms with Gasteiger partial charge in [-0.1, -0.05) is 18.6 Å². The number of nitrogens with one attached hydrogen (secondary N) is 1. The maximum atomic E-state index is 13.1. The minimum Gasteiger partial charge on any atom is -0.489 e. The van der Waals surface area contributed by atoms with Crippen molar-refractivity contribution in [2.75, 3.05) is 25.0 Å². The molecule has 0 aliphatic carbocycles. The molecule has 172 valence electrons. The number of carbonyl (C=O) groups is 1. The first-order valence-electron chi connectivity index (χ1n) is 10.8. The summed E-state index contributed by atoms with van der Waals surface area (Å²) in [5, 5.41) is 2.78. The van der Waals surface area contributed by atoms with Crippen molar-refractivity contribution in [3.8, 4) is 17.2 Å². The number of carbonyl (C=O) groups excluding carboxylic acids is 1. The van der Waals surface area contributed by atoms with Gasteiger partial charge in [0.1, 0.15) is 12.4 Å². The first-order chi connectivity index (χ1) is 15.3. The van der Waals surface area contributed by atoms with E-state index in [0.29, 0.717) is 30.3 Å². The van der Waals surface area contributed by atoms with Gasteiger partial charge in [-0.05, 0) is 57.0 Å². The molecule has 1 saturated heterocycles. The molecule has 0 saturated carbocycles. The van der Waals surface area contributed by atoms with Crippen LogP contribution in [0.1, 0.15) is 33.1 Å². The quantitative estimate of drug-likeness (QED) is 0.710. The Morgan fingerprint density at radius 1 is 1.09 bits per heavy atom. The van der Waals surface area contributed by atoms with Gasteiger partial charge in [0.15, 0.2) is 11.5 Å². The average molecular weight is 461 g/mol. The number of sulfonamides is 1. The predicted molar refractivity (Wildman–Crippen MR) is 120 cm³/mol. The largest absolute Gasteiger partial charge is 0.489 e. The third-order valence-electron chi connectivity index (χ3n) is 5.33. The Bertz CT molecular complexity index is 1080. The van der Waals surface area contributed by atoms with Gasteiger partial charge in [0.25, 0.3) is 5.91 Å². The zero-order valence-electron chi connectivity index (χ0n) is 18.2. The third-order valence-corrected chi connectivity index (χ3v) is 7.22. The fourth-order valence-electron chi connectivity index (χ4n) is 3.74. The molecular weight excluding hydrogens is 432 g/mol. The molecule has 2 heterocycles. The lowest BCUT2D eigenvalue weighted by Crippen LogP contribution is -2.40. The summed E-state index contributed by atoms with van der Waals surface area (Å²) < 4.78 is 45.0. The maximum absolute atomic E-state index is 13.1. The summed E-state index contributed by atoms with van der Waals surface area (Å²) in [6.45, 7) is 4.77. The number of benzene rings is 2. The Hall–Kier alpha value is -2.78. The first kappa shape index (κ1) is 22.4. The van der Waals surface area contributed by atoms with Gasteiger partial charge in [0.2, 0.25) is 16.1 Å². The van der Waals surface area contributed by atoms with Crippen molar-refractivity contribution < 1.29 is 27.4 Å². The molecule has 0 bridgehead atoms. The number of fused-ring (bicyclic) bond motifs is 1. The van der Waals surface area contributed by atoms with Crippen molar-refractivity contribution >= 4 is 21.6 Å². The topological polar surface area (TPSA) is 94.2 Å². The fourth-order valence-corrected chi connectivity index (χ4v) is 5.28. The van der Waals surface area contributed by atoms with Crippen LogP contribution in [-0.4, -0.2) is 50.5 Å². The molecule has 8 nitrogen and oxygen atoms in total. The minimum absolute atomic E-state index is 0.0506. The number of hydrogen-bond acceptors (Lipinski definition) is 6. The van der Waals surface area contributed by atoms with Crippen LogP contribution in [0.25, 0.3) is 0 Å². The summed E-state index contributed by atoms with van der Waals surface area (Å²) in [6.07, 6.45) is 1.69. The van der Waals surface area contributed by atoms with E-state index in [1.54, 1.807) is 24.3 Å². The molecule has 0 unspecified atom stereocenters. The lowest BCUT2D eigenvalue weighted by Gasteiger charge is -2.27. The third kappa shape index (κ3) is 4.83. The summed E-state index contributed by atoms with van der Waals surface area (Å²) in [4.78, 5) is 13.1. The summed E-state index contributed by atoms with van der Waals surface area (Å²) in [7, 11) is -3.66. The van der Waals surface area contributed by atoms with Gasteiger partial charge in [-0.2, -0.15) is 4.31 Å². The van der Waals surface area contributed by atoms with Gasteiger partial charge in [0.05, 0.1) is 16.7 Å². The van der Waals surface area contributed by atoms with E-state index >= 15 is 0 Å². The summed E-state index contributed by atoms with van der Waals surface area (Å²) in [5.41, 5.74) is 0.282. The van der Waals surface area contributed by atoms with Gasteiger partial charge in [-0.15, -0.1) is 0 Å². The molecule has 2 aliphatic heterocycles. The minimum atomic E-state index is -3.66. The first-order valence-corrected chi connectivity index (χ1v) is 12.3. The summed E-state index contributed by atoms with van der Waals surface area (Å²) >= 11 is 0. The van der Waals surface area contributed by atoms with Crippen molar-refractivity contribution in [1.29, 1.82) is 0 Å². The van der Waals surface area contributed by atoms with Crippen molar-refractivity contribution in [1.82, 2.24) is 4.31 Å². The molecule has 0 aromatic heterocycles. The molecule has 4 rings (SSSR count). The van der Waals surface area contributed by atoms with Crippen LogP contribution < -0.4 is 19.5 Å². The molecule has 0 spiro atoms. The SMILES string of the molecule is CC(C)Oc1ccc(S(=O)(=O)N2CCCCC2)cc1NC(=O)[C@H]1COc2ccccc2O1. The van der Waals surface area contributed by atoms with E-state index in [1.165, 1.54) is 16.4 Å². The summed E-state index contributed by atoms with van der Waals surface area (Å²) in [5.74, 6) is 1.01. The highest BCUT2D eigenvalue weighted by atomic mass is 32.2. The van der Waals surface area contributed by atoms with Crippen LogP contribution in [0.2, 0.25) is 0 Å². The zero-order chi connectivity index (χ0) is 22.7. The lowest BCUT2D eigenvalue weighted by molar-refractivity contribution is -0.125. The molecule has 1 atom stereocenters. The molecule has 2 aliphatic rings. The van der Waals surface area contributed by atoms with Crippen molar-refractivity contribution in [3.63, 3.8) is 0 Å². The molecule has 0 radical (unpaired) electrons. The molecule has 1 amide bonds. The molecule has 1 fully saturated rings. The standard InChI is InChI=1S/C23H28N2O6S/c1-16(2)30-19-11-10-17(32(27,28)25-12-6-3-7-13-25)14-18(19)24-23(26)22-15-29-20-8-4-5-9-21(20)31-22/h4-5,8-11,14,16,22H,3,6-7,12-13,15H2,1-2H3,(H,24,26)/t22-/m1/s1. The molecule has 2 aromatic carbocycles. The van der Waals surface area contributed by atoms with Crippen LogP contribution in [0, 0.1) is 0 Å². The molecular formula is C23H28N2O6S. The predicted octanol–water partition coefficient (Wildman–Crippen LogP) is 3.43. The van der Waals surface area contributed by atoms with Gasteiger partial charge in [0, 0.05) is 13.1 Å². The van der Waals surface area contributed by atoms with E-state index in [9.17, 15) is 13.2 Å². The van der Waals surface area contributed by atoms with Gasteiger partial charge >= 0.3 is 0 Å². The highest BCUT2D eigenvalue weighted by molar-refractivity contribution is 7.89. The Kier molecular flexibility index (Phi) is 6.57. The number of hydrogen-bond donors (Lipinski definition) is 1. The fraction of sp³-hybridized carbons (Fsp3) is 0.435. The number of amides is 1. The van der Waals surface area contributed by atoms with E-state index in [4.69, 9.17) is 14.2 Å². The Balaban J connectivity index is 1.58. The van der Waals surface area contributed by atoms with Crippen molar-refractivity contribution in [2.45, 2.75) is 50.2 Å². The second-order valence-corrected chi connectivity index (χ2v) is 10.1. The van der Waals surface area contributed by atoms with Crippen LogP contribution >= 0.6 is 0 Å². The van der Waals surface area contributed by atoms with Crippen LogP contribution in [0.3, 0.4) is 0 Å². The Labute approximate surface area is 188 Å². The smallest absolute Gasteiger partial charge is 0.269 e. The zero-order valence-corrected chi connectivity index (χ0v) is 19.1. The van der Waals surface area contributed by atoms with E-state index in [0.717, 1.165) is 19.3 Å². The summed E-state index contributed by atoms with van der Waals surface area (Å²) in [6, 6.07) is 11.7. The number of nitrogens with zero attached hydrogens (tertiary/aromatic N) is 1. The second-order valence-electron chi connectivity index (χ2n) is 8.14. The van der Waals surface area contributed by atoms with E-state index in [2.05, 4.69) is 5.32 Å². The number of piperidine rings is 1. The Morgan fingerprint density at radius 2 is 1.81 bits per heavy atom. The normalized spacial score (nSPS) is 18.9. The van der Waals surface area contributed by atoms with Gasteiger partial charge in [-0.3, -0.25) is 4.79 Å². The van der Waals surface area contributed by atoms with Crippen LogP contribution in [0.15, 0.2) is 47.4 Å². The van der Waals surface area contributed by atoms with Crippen LogP contribution in [-0.2, 0) is 14.8 Å². The van der Waals surface area contributed by atoms with E-state index in [-0.39, 0.29) is 23.3 Å². The van der Waals surface area contributed by atoms with Crippen LogP contribution in [0.5, 0.6) is 17.2 Å². The van der Waals surface area contributed by atoms with E-state index in [1.807, 2.05) is 19.9 Å².